The van der Waals surface area contributed by atoms with Crippen LogP contribution in [0.3, 0.4) is 0 Å². The molecular weight excluding hydrogens is 297 g/mol. The first-order chi connectivity index (χ1) is 11.2. The summed E-state index contributed by atoms with van der Waals surface area (Å²) in [5.74, 6) is 0.514. The number of benzene rings is 1. The highest BCUT2D eigenvalue weighted by molar-refractivity contribution is 5.78. The molecule has 0 atom stereocenters. The summed E-state index contributed by atoms with van der Waals surface area (Å²) in [5.41, 5.74) is 0.634. The van der Waals surface area contributed by atoms with Crippen LogP contribution < -0.4 is 10.2 Å². The Morgan fingerprint density at radius 2 is 1.91 bits per heavy atom. The minimum atomic E-state index is -0.197. The number of halogens is 1. The van der Waals surface area contributed by atoms with Crippen LogP contribution in [0, 0.1) is 5.82 Å². The lowest BCUT2D eigenvalue weighted by molar-refractivity contribution is -0.122. The monoisotopic (exact) mass is 317 g/mol. The number of para-hydroxylation sites is 1. The number of carbonyl (C=O) groups is 1. The number of nitrogens with zero attached hydrogens (tertiary/aromatic N) is 2. The van der Waals surface area contributed by atoms with Gasteiger partial charge in [0.05, 0.1) is 25.0 Å². The van der Waals surface area contributed by atoms with Crippen LogP contribution >= 0.6 is 0 Å². The van der Waals surface area contributed by atoms with E-state index in [2.05, 4.69) is 10.2 Å². The highest BCUT2D eigenvalue weighted by Crippen LogP contribution is 2.19. The van der Waals surface area contributed by atoms with Gasteiger partial charge in [0.1, 0.15) is 11.6 Å². The highest BCUT2D eigenvalue weighted by atomic mass is 19.1. The number of piperazine rings is 1. The minimum Gasteiger partial charge on any atom is -0.467 e. The molecule has 0 radical (unpaired) electrons. The molecule has 122 valence electrons. The van der Waals surface area contributed by atoms with E-state index in [1.165, 1.54) is 6.07 Å². The second kappa shape index (κ2) is 7.28. The second-order valence-corrected chi connectivity index (χ2v) is 5.57. The predicted octanol–water partition coefficient (Wildman–Crippen LogP) is 1.86. The summed E-state index contributed by atoms with van der Waals surface area (Å²) in [4.78, 5) is 16.0. The van der Waals surface area contributed by atoms with E-state index in [1.807, 2.05) is 17.0 Å². The van der Waals surface area contributed by atoms with Gasteiger partial charge < -0.3 is 14.6 Å². The molecule has 5 nitrogen and oxygen atoms in total. The molecule has 1 aliphatic rings. The molecule has 0 saturated carbocycles. The lowest BCUT2D eigenvalue weighted by Crippen LogP contribution is -2.49. The molecule has 2 aromatic rings. The summed E-state index contributed by atoms with van der Waals surface area (Å²) in [6, 6.07) is 10.4. The average Bonchev–Trinajstić information content (AvgIpc) is 3.08. The van der Waals surface area contributed by atoms with Gasteiger partial charge in [-0.2, -0.15) is 0 Å². The summed E-state index contributed by atoms with van der Waals surface area (Å²) in [6.07, 6.45) is 1.59. The quantitative estimate of drug-likeness (QED) is 0.914. The van der Waals surface area contributed by atoms with Crippen molar-refractivity contribution < 1.29 is 13.6 Å². The van der Waals surface area contributed by atoms with Gasteiger partial charge in [0.15, 0.2) is 0 Å². The largest absolute Gasteiger partial charge is 0.467 e. The molecule has 1 aliphatic heterocycles. The number of rotatable bonds is 5. The number of nitrogens with one attached hydrogen (secondary N) is 1. The van der Waals surface area contributed by atoms with Crippen molar-refractivity contribution in [3.05, 3.63) is 54.2 Å². The van der Waals surface area contributed by atoms with E-state index in [9.17, 15) is 9.18 Å². The van der Waals surface area contributed by atoms with Crippen molar-refractivity contribution in [2.45, 2.75) is 6.54 Å². The van der Waals surface area contributed by atoms with E-state index in [0.29, 0.717) is 31.9 Å². The van der Waals surface area contributed by atoms with Crippen LogP contribution in [0.5, 0.6) is 0 Å². The zero-order valence-corrected chi connectivity index (χ0v) is 12.9. The zero-order chi connectivity index (χ0) is 16.1. The predicted molar refractivity (Wildman–Crippen MR) is 85.6 cm³/mol. The zero-order valence-electron chi connectivity index (χ0n) is 12.9. The van der Waals surface area contributed by atoms with Gasteiger partial charge in [-0.25, -0.2) is 4.39 Å². The van der Waals surface area contributed by atoms with E-state index in [1.54, 1.807) is 24.5 Å². The molecular formula is C17H20FN3O2. The van der Waals surface area contributed by atoms with Gasteiger partial charge >= 0.3 is 0 Å². The van der Waals surface area contributed by atoms with E-state index in [4.69, 9.17) is 4.42 Å². The number of amides is 1. The summed E-state index contributed by atoms with van der Waals surface area (Å²) in [6.45, 7) is 3.66. The van der Waals surface area contributed by atoms with Gasteiger partial charge in [0.25, 0.3) is 0 Å². The van der Waals surface area contributed by atoms with E-state index in [-0.39, 0.29) is 11.7 Å². The van der Waals surface area contributed by atoms with Crippen molar-refractivity contribution in [3.8, 4) is 0 Å². The smallest absolute Gasteiger partial charge is 0.234 e. The van der Waals surface area contributed by atoms with Gasteiger partial charge in [-0.3, -0.25) is 9.69 Å². The number of anilines is 1. The molecule has 0 aliphatic carbocycles. The number of hydrogen-bond acceptors (Lipinski definition) is 4. The van der Waals surface area contributed by atoms with Gasteiger partial charge in [-0.05, 0) is 24.3 Å². The molecule has 1 aromatic heterocycles. The molecule has 2 heterocycles. The third-order valence-corrected chi connectivity index (χ3v) is 3.97. The molecule has 0 unspecified atom stereocenters. The van der Waals surface area contributed by atoms with Gasteiger partial charge in [-0.1, -0.05) is 12.1 Å². The molecule has 3 rings (SSSR count). The maximum atomic E-state index is 13.8. The van der Waals surface area contributed by atoms with Crippen molar-refractivity contribution >= 4 is 11.6 Å². The van der Waals surface area contributed by atoms with Crippen molar-refractivity contribution in [3.63, 3.8) is 0 Å². The van der Waals surface area contributed by atoms with Crippen LogP contribution in [0.15, 0.2) is 47.1 Å². The molecule has 0 bridgehead atoms. The molecule has 6 heteroatoms. The average molecular weight is 317 g/mol. The lowest BCUT2D eigenvalue weighted by Gasteiger charge is -2.35. The van der Waals surface area contributed by atoms with Crippen LogP contribution in [0.2, 0.25) is 0 Å². The maximum Gasteiger partial charge on any atom is 0.234 e. The molecule has 1 saturated heterocycles. The fourth-order valence-electron chi connectivity index (χ4n) is 2.71. The summed E-state index contributed by atoms with van der Waals surface area (Å²) in [5, 5.41) is 2.84. The topological polar surface area (TPSA) is 48.7 Å². The molecule has 1 fully saturated rings. The van der Waals surface area contributed by atoms with Crippen LogP contribution in [-0.2, 0) is 11.3 Å². The Morgan fingerprint density at radius 3 is 2.61 bits per heavy atom. The Hall–Kier alpha value is -2.34. The first kappa shape index (κ1) is 15.6. The van der Waals surface area contributed by atoms with Crippen molar-refractivity contribution in [1.29, 1.82) is 0 Å². The van der Waals surface area contributed by atoms with Crippen LogP contribution in [0.25, 0.3) is 0 Å². The van der Waals surface area contributed by atoms with Crippen LogP contribution in [0.4, 0.5) is 10.1 Å². The third-order valence-electron chi connectivity index (χ3n) is 3.97. The number of hydrogen-bond donors (Lipinski definition) is 1. The third kappa shape index (κ3) is 4.10. The number of furan rings is 1. The normalized spacial score (nSPS) is 15.6. The lowest BCUT2D eigenvalue weighted by atomic mass is 10.2. The Labute approximate surface area is 134 Å². The SMILES string of the molecule is O=C(CN1CCN(c2ccccc2F)CC1)NCc1ccco1. The maximum absolute atomic E-state index is 13.8. The summed E-state index contributed by atoms with van der Waals surface area (Å²) in [7, 11) is 0. The molecule has 1 aromatic carbocycles. The Bertz CT molecular complexity index is 637. The van der Waals surface area contributed by atoms with Crippen LogP contribution in [-0.4, -0.2) is 43.5 Å². The van der Waals surface area contributed by atoms with Crippen molar-refractivity contribution in [2.24, 2.45) is 0 Å². The molecule has 23 heavy (non-hydrogen) atoms. The first-order valence-corrected chi connectivity index (χ1v) is 7.73. The van der Waals surface area contributed by atoms with Crippen LogP contribution in [0.1, 0.15) is 5.76 Å². The van der Waals surface area contributed by atoms with Crippen molar-refractivity contribution in [1.82, 2.24) is 10.2 Å². The summed E-state index contributed by atoms with van der Waals surface area (Å²) >= 11 is 0. The van der Waals surface area contributed by atoms with Gasteiger partial charge in [0.2, 0.25) is 5.91 Å². The van der Waals surface area contributed by atoms with Crippen molar-refractivity contribution in [2.75, 3.05) is 37.6 Å². The Morgan fingerprint density at radius 1 is 1.13 bits per heavy atom. The van der Waals surface area contributed by atoms with Gasteiger partial charge in [0, 0.05) is 26.2 Å². The molecule has 0 spiro atoms. The molecule has 1 amide bonds. The second-order valence-electron chi connectivity index (χ2n) is 5.57. The fraction of sp³-hybridized carbons (Fsp3) is 0.353. The highest BCUT2D eigenvalue weighted by Gasteiger charge is 2.20. The van der Waals surface area contributed by atoms with E-state index < -0.39 is 0 Å². The minimum absolute atomic E-state index is 0.0271. The molecule has 1 N–H and O–H groups in total. The van der Waals surface area contributed by atoms with Gasteiger partial charge in [-0.15, -0.1) is 0 Å². The standard InChI is InChI=1S/C17H20FN3O2/c18-15-5-1-2-6-16(15)21-9-7-20(8-10-21)13-17(22)19-12-14-4-3-11-23-14/h1-6,11H,7-10,12-13H2,(H,19,22). The fourth-order valence-corrected chi connectivity index (χ4v) is 2.71. The number of carbonyl (C=O) groups excluding carboxylic acids is 1. The Kier molecular flexibility index (Phi) is 4.92. The Balaban J connectivity index is 1.44. The first-order valence-electron chi connectivity index (χ1n) is 7.73. The summed E-state index contributed by atoms with van der Waals surface area (Å²) < 4.78 is 19.0. The van der Waals surface area contributed by atoms with E-state index in [0.717, 1.165) is 18.8 Å². The van der Waals surface area contributed by atoms with E-state index >= 15 is 0 Å².